The lowest BCUT2D eigenvalue weighted by Gasteiger charge is -2.14. The topological polar surface area (TPSA) is 76.7 Å². The van der Waals surface area contributed by atoms with Gasteiger partial charge in [0.15, 0.2) is 5.11 Å². The van der Waals surface area contributed by atoms with Crippen molar-refractivity contribution in [1.29, 1.82) is 0 Å². The van der Waals surface area contributed by atoms with E-state index in [2.05, 4.69) is 10.6 Å². The number of hydrogen-bond acceptors (Lipinski definition) is 6. The summed E-state index contributed by atoms with van der Waals surface area (Å²) in [4.78, 5) is 25.5. The molecule has 1 aromatic carbocycles. The third kappa shape index (κ3) is 4.76. The van der Waals surface area contributed by atoms with E-state index in [0.29, 0.717) is 26.9 Å². The van der Waals surface area contributed by atoms with Gasteiger partial charge < -0.3 is 20.1 Å². The van der Waals surface area contributed by atoms with Crippen molar-refractivity contribution in [2.75, 3.05) is 24.9 Å². The number of fused-ring (bicyclic) bond motifs is 1. The fraction of sp³-hybridized carbons (Fsp3) is 0.381. The number of thiocarbonyl (C=S) groups is 1. The number of aryl methyl sites for hydroxylation is 2. The summed E-state index contributed by atoms with van der Waals surface area (Å²) >= 11 is 7.04. The van der Waals surface area contributed by atoms with Gasteiger partial charge in [0.25, 0.3) is 0 Å². The Morgan fingerprint density at radius 1 is 1.03 bits per heavy atom. The number of carbonyl (C=O) groups is 2. The summed E-state index contributed by atoms with van der Waals surface area (Å²) < 4.78 is 9.81. The zero-order chi connectivity index (χ0) is 21.0. The van der Waals surface area contributed by atoms with Crippen molar-refractivity contribution < 1.29 is 19.1 Å². The predicted molar refractivity (Wildman–Crippen MR) is 119 cm³/mol. The second kappa shape index (κ2) is 9.37. The van der Waals surface area contributed by atoms with Crippen molar-refractivity contribution >= 4 is 51.3 Å². The third-order valence-corrected chi connectivity index (χ3v) is 6.36. The number of hydrogen-bond donors (Lipinski definition) is 2. The molecule has 3 rings (SSSR count). The van der Waals surface area contributed by atoms with Crippen molar-refractivity contribution in [2.45, 2.75) is 39.0 Å². The van der Waals surface area contributed by atoms with Crippen LogP contribution in [0, 0.1) is 6.92 Å². The maximum Gasteiger partial charge on any atom is 0.341 e. The quantitative estimate of drug-likeness (QED) is 0.412. The largest absolute Gasteiger partial charge is 0.465 e. The highest BCUT2D eigenvalue weighted by atomic mass is 32.1. The van der Waals surface area contributed by atoms with Gasteiger partial charge in [-0.15, -0.1) is 11.3 Å². The van der Waals surface area contributed by atoms with Gasteiger partial charge in [0, 0.05) is 10.6 Å². The molecule has 0 aliphatic heterocycles. The van der Waals surface area contributed by atoms with Crippen LogP contribution in [0.2, 0.25) is 0 Å². The van der Waals surface area contributed by atoms with Gasteiger partial charge in [-0.05, 0) is 68.1 Å². The van der Waals surface area contributed by atoms with E-state index in [1.165, 1.54) is 25.5 Å². The molecular weight excluding hydrogens is 408 g/mol. The van der Waals surface area contributed by atoms with E-state index in [4.69, 9.17) is 21.7 Å². The highest BCUT2D eigenvalue weighted by Gasteiger charge is 2.25. The van der Waals surface area contributed by atoms with Gasteiger partial charge in [-0.3, -0.25) is 0 Å². The van der Waals surface area contributed by atoms with Crippen molar-refractivity contribution in [2.24, 2.45) is 0 Å². The number of ether oxygens (including phenoxy) is 2. The number of benzene rings is 1. The van der Waals surface area contributed by atoms with Crippen LogP contribution in [0.3, 0.4) is 0 Å². The highest BCUT2D eigenvalue weighted by Crippen LogP contribution is 2.38. The lowest BCUT2D eigenvalue weighted by Crippen LogP contribution is -2.21. The Kier molecular flexibility index (Phi) is 6.87. The van der Waals surface area contributed by atoms with Crippen LogP contribution in [0.15, 0.2) is 18.2 Å². The molecule has 29 heavy (non-hydrogen) atoms. The molecular formula is C21H24N2O4S2. The molecule has 1 aliphatic rings. The zero-order valence-corrected chi connectivity index (χ0v) is 18.4. The molecule has 6 nitrogen and oxygen atoms in total. The maximum atomic E-state index is 12.5. The zero-order valence-electron chi connectivity index (χ0n) is 16.7. The van der Waals surface area contributed by atoms with E-state index in [-0.39, 0.29) is 5.97 Å². The maximum absolute atomic E-state index is 12.5. The van der Waals surface area contributed by atoms with E-state index < -0.39 is 5.97 Å². The number of thiophene rings is 1. The summed E-state index contributed by atoms with van der Waals surface area (Å²) in [6.45, 7) is 1.92. The number of carbonyl (C=O) groups excluding carboxylic acids is 2. The molecule has 1 aliphatic carbocycles. The van der Waals surface area contributed by atoms with Crippen LogP contribution in [0.1, 0.15) is 56.0 Å². The van der Waals surface area contributed by atoms with E-state index in [9.17, 15) is 9.59 Å². The number of rotatable bonds is 4. The molecule has 1 aromatic heterocycles. The second-order valence-electron chi connectivity index (χ2n) is 6.86. The summed E-state index contributed by atoms with van der Waals surface area (Å²) in [7, 11) is 2.74. The van der Waals surface area contributed by atoms with E-state index in [0.717, 1.165) is 36.8 Å². The molecule has 8 heteroatoms. The molecule has 0 spiro atoms. The number of methoxy groups -OCH3 is 2. The minimum absolute atomic E-state index is 0.344. The second-order valence-corrected chi connectivity index (χ2v) is 8.37. The van der Waals surface area contributed by atoms with Crippen LogP contribution < -0.4 is 10.6 Å². The minimum atomic E-state index is -0.415. The van der Waals surface area contributed by atoms with Gasteiger partial charge in [0.2, 0.25) is 0 Å². The van der Waals surface area contributed by atoms with Crippen LogP contribution >= 0.6 is 23.6 Å². The number of nitrogens with one attached hydrogen (secondary N) is 2. The number of anilines is 2. The SMILES string of the molecule is COC(=O)c1ccc(C)c(NC(=S)Nc2sc3c(c2C(=O)OC)CCCCC3)c1. The molecule has 1 heterocycles. The lowest BCUT2D eigenvalue weighted by atomic mass is 10.1. The van der Waals surface area contributed by atoms with Crippen LogP contribution in [0.4, 0.5) is 10.7 Å². The first-order valence-corrected chi connectivity index (χ1v) is 10.7. The van der Waals surface area contributed by atoms with E-state index in [1.54, 1.807) is 23.5 Å². The predicted octanol–water partition coefficient (Wildman–Crippen LogP) is 4.71. The smallest absolute Gasteiger partial charge is 0.341 e. The first kappa shape index (κ1) is 21.3. The first-order valence-electron chi connectivity index (χ1n) is 9.44. The summed E-state index contributed by atoms with van der Waals surface area (Å²) in [5.74, 6) is -0.763. The van der Waals surface area contributed by atoms with E-state index in [1.807, 2.05) is 13.0 Å². The van der Waals surface area contributed by atoms with Crippen molar-refractivity contribution in [3.63, 3.8) is 0 Å². The summed E-state index contributed by atoms with van der Waals surface area (Å²) in [6, 6.07) is 5.22. The van der Waals surface area contributed by atoms with Gasteiger partial charge in [0.1, 0.15) is 5.00 Å². The molecule has 0 saturated heterocycles. The van der Waals surface area contributed by atoms with Crippen LogP contribution in [-0.2, 0) is 22.3 Å². The van der Waals surface area contributed by atoms with Gasteiger partial charge in [-0.1, -0.05) is 12.5 Å². The van der Waals surface area contributed by atoms with Crippen LogP contribution in [0.5, 0.6) is 0 Å². The minimum Gasteiger partial charge on any atom is -0.465 e. The molecule has 0 atom stereocenters. The average Bonchev–Trinajstić information content (AvgIpc) is 2.88. The Morgan fingerprint density at radius 2 is 1.76 bits per heavy atom. The molecule has 0 radical (unpaired) electrons. The van der Waals surface area contributed by atoms with Crippen molar-refractivity contribution in [1.82, 2.24) is 0 Å². The molecule has 0 fully saturated rings. The van der Waals surface area contributed by atoms with Gasteiger partial charge in [-0.25, -0.2) is 9.59 Å². The Hall–Kier alpha value is -2.45. The standard InChI is InChI=1S/C21H24N2O4S2/c1-12-9-10-13(19(24)26-2)11-15(12)22-21(28)23-18-17(20(25)27-3)14-7-5-4-6-8-16(14)29-18/h9-11H,4-8H2,1-3H3,(H2,22,23,28). The van der Waals surface area contributed by atoms with Gasteiger partial charge in [0.05, 0.1) is 25.3 Å². The Labute approximate surface area is 179 Å². The Morgan fingerprint density at radius 3 is 2.48 bits per heavy atom. The molecule has 2 N–H and O–H groups in total. The number of esters is 2. The Balaban J connectivity index is 1.84. The summed E-state index contributed by atoms with van der Waals surface area (Å²) in [6.07, 6.45) is 5.19. The van der Waals surface area contributed by atoms with E-state index >= 15 is 0 Å². The summed E-state index contributed by atoms with van der Waals surface area (Å²) in [5, 5.41) is 7.33. The molecule has 0 unspecified atom stereocenters. The lowest BCUT2D eigenvalue weighted by molar-refractivity contribution is 0.0592. The molecule has 2 aromatic rings. The van der Waals surface area contributed by atoms with Gasteiger partial charge in [-0.2, -0.15) is 0 Å². The third-order valence-electron chi connectivity index (χ3n) is 4.94. The van der Waals surface area contributed by atoms with Crippen molar-refractivity contribution in [3.8, 4) is 0 Å². The van der Waals surface area contributed by atoms with Crippen LogP contribution in [-0.4, -0.2) is 31.3 Å². The van der Waals surface area contributed by atoms with Gasteiger partial charge >= 0.3 is 11.9 Å². The molecule has 0 bridgehead atoms. The molecule has 0 saturated carbocycles. The highest BCUT2D eigenvalue weighted by molar-refractivity contribution is 7.80. The first-order chi connectivity index (χ1) is 13.9. The Bertz CT molecular complexity index is 952. The summed E-state index contributed by atoms with van der Waals surface area (Å²) in [5.41, 5.74) is 3.72. The molecule has 154 valence electrons. The fourth-order valence-electron chi connectivity index (χ4n) is 3.41. The van der Waals surface area contributed by atoms with Crippen LogP contribution in [0.25, 0.3) is 0 Å². The average molecular weight is 433 g/mol. The normalized spacial score (nSPS) is 13.1. The molecule has 0 amide bonds. The monoisotopic (exact) mass is 432 g/mol. The fourth-order valence-corrected chi connectivity index (χ4v) is 4.97. The van der Waals surface area contributed by atoms with Crippen molar-refractivity contribution in [3.05, 3.63) is 45.3 Å².